The van der Waals surface area contributed by atoms with Gasteiger partial charge in [0.1, 0.15) is 0 Å². The molecule has 0 spiro atoms. The zero-order valence-electron chi connectivity index (χ0n) is 11.5. The van der Waals surface area contributed by atoms with Gasteiger partial charge in [-0.25, -0.2) is 0 Å². The van der Waals surface area contributed by atoms with Crippen LogP contribution in [0.25, 0.3) is 0 Å². The van der Waals surface area contributed by atoms with Gasteiger partial charge < -0.3 is 16.0 Å². The number of nitrogens with two attached hydrogens (primary N) is 1. The monoisotopic (exact) mass is 241 g/mol. The lowest BCUT2D eigenvalue weighted by molar-refractivity contribution is -0.138. The summed E-state index contributed by atoms with van der Waals surface area (Å²) in [7, 11) is 4.13. The molecule has 1 amide bonds. The Morgan fingerprint density at radius 1 is 1.41 bits per heavy atom. The molecule has 4 heteroatoms. The van der Waals surface area contributed by atoms with Crippen LogP contribution in [-0.2, 0) is 4.79 Å². The summed E-state index contributed by atoms with van der Waals surface area (Å²) in [5.41, 5.74) is 5.49. The Labute approximate surface area is 105 Å². The molecule has 0 heterocycles. The smallest absolute Gasteiger partial charge is 0.227 e. The number of rotatable bonds is 7. The molecule has 1 aliphatic rings. The van der Waals surface area contributed by atoms with Crippen LogP contribution >= 0.6 is 0 Å². The van der Waals surface area contributed by atoms with E-state index in [9.17, 15) is 4.79 Å². The summed E-state index contributed by atoms with van der Waals surface area (Å²) in [5, 5.41) is 3.03. The Kier molecular flexibility index (Phi) is 5.40. The van der Waals surface area contributed by atoms with Crippen LogP contribution in [0.15, 0.2) is 0 Å². The van der Waals surface area contributed by atoms with Crippen molar-refractivity contribution in [1.82, 2.24) is 10.2 Å². The molecule has 1 saturated carbocycles. The van der Waals surface area contributed by atoms with E-state index >= 15 is 0 Å². The van der Waals surface area contributed by atoms with Gasteiger partial charge in [0.2, 0.25) is 5.91 Å². The van der Waals surface area contributed by atoms with Gasteiger partial charge in [0.25, 0.3) is 0 Å². The van der Waals surface area contributed by atoms with Crippen LogP contribution in [0.1, 0.15) is 32.6 Å². The number of nitrogens with zero attached hydrogens (tertiary/aromatic N) is 1. The molecule has 0 atom stereocenters. The van der Waals surface area contributed by atoms with Crippen molar-refractivity contribution in [3.8, 4) is 0 Å². The third kappa shape index (κ3) is 3.96. The first-order valence-electron chi connectivity index (χ1n) is 6.63. The van der Waals surface area contributed by atoms with E-state index in [0.29, 0.717) is 12.5 Å². The first-order valence-corrected chi connectivity index (χ1v) is 6.63. The second kappa shape index (κ2) is 6.36. The molecule has 100 valence electrons. The fourth-order valence-corrected chi connectivity index (χ4v) is 2.66. The first kappa shape index (κ1) is 14.5. The van der Waals surface area contributed by atoms with Crippen LogP contribution in [-0.4, -0.2) is 44.5 Å². The first-order chi connectivity index (χ1) is 8.00. The fourth-order valence-electron chi connectivity index (χ4n) is 2.66. The van der Waals surface area contributed by atoms with Crippen molar-refractivity contribution in [3.05, 3.63) is 0 Å². The maximum atomic E-state index is 12.0. The molecule has 0 bridgehead atoms. The second-order valence-corrected chi connectivity index (χ2v) is 5.76. The number of carbonyl (C=O) groups is 1. The van der Waals surface area contributed by atoms with Crippen molar-refractivity contribution in [2.24, 2.45) is 17.1 Å². The highest BCUT2D eigenvalue weighted by molar-refractivity contribution is 5.83. The van der Waals surface area contributed by atoms with Crippen LogP contribution in [0.2, 0.25) is 0 Å². The lowest BCUT2D eigenvalue weighted by atomic mass is 9.62. The van der Waals surface area contributed by atoms with E-state index in [-0.39, 0.29) is 11.3 Å². The Bertz CT molecular complexity index is 247. The van der Waals surface area contributed by atoms with Gasteiger partial charge >= 0.3 is 0 Å². The molecule has 1 fully saturated rings. The number of hydrogen-bond donors (Lipinski definition) is 2. The zero-order valence-corrected chi connectivity index (χ0v) is 11.5. The van der Waals surface area contributed by atoms with Crippen molar-refractivity contribution in [2.75, 3.05) is 33.7 Å². The predicted octanol–water partition coefficient (Wildman–Crippen LogP) is 0.819. The molecular formula is C13H27N3O. The van der Waals surface area contributed by atoms with E-state index < -0.39 is 0 Å². The third-order valence-corrected chi connectivity index (χ3v) is 3.67. The van der Waals surface area contributed by atoms with E-state index in [2.05, 4.69) is 31.2 Å². The molecule has 1 rings (SSSR count). The molecule has 3 N–H and O–H groups in total. The van der Waals surface area contributed by atoms with Gasteiger partial charge in [-0.15, -0.1) is 0 Å². The van der Waals surface area contributed by atoms with Gasteiger partial charge in [-0.1, -0.05) is 6.92 Å². The fraction of sp³-hybridized carbons (Fsp3) is 0.923. The molecular weight excluding hydrogens is 214 g/mol. The molecule has 4 nitrogen and oxygen atoms in total. The summed E-state index contributed by atoms with van der Waals surface area (Å²) >= 11 is 0. The average molecular weight is 241 g/mol. The van der Waals surface area contributed by atoms with Gasteiger partial charge in [-0.2, -0.15) is 0 Å². The Morgan fingerprint density at radius 2 is 2.06 bits per heavy atom. The summed E-state index contributed by atoms with van der Waals surface area (Å²) in [6.07, 6.45) is 4.07. The van der Waals surface area contributed by atoms with Crippen molar-refractivity contribution in [3.63, 3.8) is 0 Å². The third-order valence-electron chi connectivity index (χ3n) is 3.67. The zero-order chi connectivity index (χ0) is 12.9. The minimum absolute atomic E-state index is 0.169. The van der Waals surface area contributed by atoms with Gasteiger partial charge in [0.15, 0.2) is 0 Å². The normalized spacial score (nSPS) is 27.9. The van der Waals surface area contributed by atoms with Gasteiger partial charge in [-0.3, -0.25) is 4.79 Å². The van der Waals surface area contributed by atoms with Crippen molar-refractivity contribution < 1.29 is 4.79 Å². The molecule has 0 aliphatic heterocycles. The summed E-state index contributed by atoms with van der Waals surface area (Å²) in [4.78, 5) is 14.2. The van der Waals surface area contributed by atoms with Crippen molar-refractivity contribution >= 4 is 5.91 Å². The minimum atomic E-state index is -0.249. The summed E-state index contributed by atoms with van der Waals surface area (Å²) in [6, 6.07) is 0. The number of nitrogens with one attached hydrogen (secondary N) is 1. The lowest BCUT2D eigenvalue weighted by Crippen LogP contribution is -2.53. The highest BCUT2D eigenvalue weighted by atomic mass is 16.2. The maximum absolute atomic E-state index is 12.0. The average Bonchev–Trinajstić information content (AvgIpc) is 2.23. The van der Waals surface area contributed by atoms with E-state index in [0.717, 1.165) is 38.8 Å². The number of hydrogen-bond acceptors (Lipinski definition) is 3. The molecule has 0 aromatic heterocycles. The van der Waals surface area contributed by atoms with E-state index in [1.165, 1.54) is 0 Å². The van der Waals surface area contributed by atoms with Gasteiger partial charge in [-0.05, 0) is 52.2 Å². The Balaban J connectivity index is 2.16. The molecule has 0 saturated heterocycles. The molecule has 0 radical (unpaired) electrons. The largest absolute Gasteiger partial charge is 0.356 e. The highest BCUT2D eigenvalue weighted by Gasteiger charge is 2.46. The van der Waals surface area contributed by atoms with Crippen LogP contribution in [0, 0.1) is 11.3 Å². The second-order valence-electron chi connectivity index (χ2n) is 5.76. The number of carbonyl (C=O) groups excluding carboxylic acids is 1. The lowest BCUT2D eigenvalue weighted by Gasteiger charge is -2.44. The SMILES string of the molecule is CC1CC(CN)(C(=O)NCCCCN(C)C)C1. The Morgan fingerprint density at radius 3 is 2.53 bits per heavy atom. The van der Waals surface area contributed by atoms with Gasteiger partial charge in [0.05, 0.1) is 5.41 Å². The topological polar surface area (TPSA) is 58.4 Å². The van der Waals surface area contributed by atoms with Crippen LogP contribution in [0.3, 0.4) is 0 Å². The molecule has 0 unspecified atom stereocenters. The summed E-state index contributed by atoms with van der Waals surface area (Å²) in [6.45, 7) is 4.52. The van der Waals surface area contributed by atoms with E-state index in [1.807, 2.05) is 0 Å². The van der Waals surface area contributed by atoms with Crippen molar-refractivity contribution in [1.29, 1.82) is 0 Å². The molecule has 0 aromatic carbocycles. The maximum Gasteiger partial charge on any atom is 0.227 e. The van der Waals surface area contributed by atoms with Crippen LogP contribution in [0.5, 0.6) is 0 Å². The highest BCUT2D eigenvalue weighted by Crippen LogP contribution is 2.44. The molecule has 0 aromatic rings. The van der Waals surface area contributed by atoms with E-state index in [4.69, 9.17) is 5.73 Å². The minimum Gasteiger partial charge on any atom is -0.356 e. The molecule has 17 heavy (non-hydrogen) atoms. The number of amides is 1. The van der Waals surface area contributed by atoms with Crippen LogP contribution in [0.4, 0.5) is 0 Å². The van der Waals surface area contributed by atoms with Gasteiger partial charge in [0, 0.05) is 13.1 Å². The summed E-state index contributed by atoms with van der Waals surface area (Å²) < 4.78 is 0. The molecule has 1 aliphatic carbocycles. The Hall–Kier alpha value is -0.610. The standard InChI is InChI=1S/C13H27N3O/c1-11-8-13(9-11,10-14)12(17)15-6-4-5-7-16(2)3/h11H,4-10,14H2,1-3H3,(H,15,17). The van der Waals surface area contributed by atoms with E-state index in [1.54, 1.807) is 0 Å². The summed E-state index contributed by atoms with van der Waals surface area (Å²) in [5.74, 6) is 0.820. The predicted molar refractivity (Wildman–Crippen MR) is 70.7 cm³/mol. The quantitative estimate of drug-likeness (QED) is 0.649. The van der Waals surface area contributed by atoms with Crippen molar-refractivity contribution in [2.45, 2.75) is 32.6 Å². The number of unbranched alkanes of at least 4 members (excludes halogenated alkanes) is 1. The van der Waals surface area contributed by atoms with Crippen LogP contribution < -0.4 is 11.1 Å².